The average molecular weight is 290 g/mol. The van der Waals surface area contributed by atoms with Gasteiger partial charge in [-0.2, -0.15) is 0 Å². The molecule has 0 heterocycles. The van der Waals surface area contributed by atoms with Crippen molar-refractivity contribution in [3.8, 4) is 0 Å². The second-order valence-electron chi connectivity index (χ2n) is 4.40. The Kier molecular flexibility index (Phi) is 4.14. The van der Waals surface area contributed by atoms with Crippen molar-refractivity contribution in [1.82, 2.24) is 0 Å². The van der Waals surface area contributed by atoms with E-state index in [4.69, 9.17) is 5.73 Å². The maximum atomic E-state index is 12.3. The first-order chi connectivity index (χ1) is 9.49. The number of nitro groups is 1. The molecule has 104 valence electrons. The predicted molar refractivity (Wildman–Crippen MR) is 78.8 cm³/mol. The zero-order valence-electron chi connectivity index (χ0n) is 10.9. The minimum Gasteiger partial charge on any atom is -0.398 e. The molecule has 1 unspecified atom stereocenters. The molecule has 0 radical (unpaired) electrons. The predicted octanol–water partition coefficient (Wildman–Crippen LogP) is 2.79. The molecule has 6 heteroatoms. The Balaban J connectivity index is 2.19. The molecule has 2 aromatic carbocycles. The first-order valence-electron chi connectivity index (χ1n) is 5.96. The summed E-state index contributed by atoms with van der Waals surface area (Å²) in [4.78, 5) is 10.7. The van der Waals surface area contributed by atoms with E-state index >= 15 is 0 Å². The number of nitrogens with two attached hydrogens (primary N) is 1. The average Bonchev–Trinajstić information content (AvgIpc) is 2.42. The minimum absolute atomic E-state index is 0.0228. The molecule has 2 rings (SSSR count). The van der Waals surface area contributed by atoms with Crippen LogP contribution in [0.4, 0.5) is 11.4 Å². The van der Waals surface area contributed by atoms with Gasteiger partial charge in [0.2, 0.25) is 0 Å². The number of nitrogens with zero attached hydrogens (tertiary/aromatic N) is 1. The summed E-state index contributed by atoms with van der Waals surface area (Å²) in [6, 6.07) is 11.5. The van der Waals surface area contributed by atoms with E-state index in [0.29, 0.717) is 10.6 Å². The van der Waals surface area contributed by atoms with E-state index in [2.05, 4.69) is 0 Å². The van der Waals surface area contributed by atoms with E-state index in [0.717, 1.165) is 11.1 Å². The van der Waals surface area contributed by atoms with Gasteiger partial charge in [-0.3, -0.25) is 14.3 Å². The van der Waals surface area contributed by atoms with E-state index in [1.165, 1.54) is 12.1 Å². The number of nitrogen functional groups attached to an aromatic ring is 1. The van der Waals surface area contributed by atoms with Crippen LogP contribution in [0, 0.1) is 17.0 Å². The van der Waals surface area contributed by atoms with E-state index in [9.17, 15) is 14.3 Å². The molecule has 0 bridgehead atoms. The highest BCUT2D eigenvalue weighted by atomic mass is 32.2. The molecular weight excluding hydrogens is 276 g/mol. The maximum absolute atomic E-state index is 12.3. The monoisotopic (exact) mass is 290 g/mol. The van der Waals surface area contributed by atoms with Crippen LogP contribution >= 0.6 is 0 Å². The summed E-state index contributed by atoms with van der Waals surface area (Å²) >= 11 is 0. The number of anilines is 1. The highest BCUT2D eigenvalue weighted by molar-refractivity contribution is 7.84. The van der Waals surface area contributed by atoms with E-state index in [1.54, 1.807) is 18.2 Å². The summed E-state index contributed by atoms with van der Waals surface area (Å²) in [7, 11) is -1.27. The van der Waals surface area contributed by atoms with Crippen LogP contribution in [0.2, 0.25) is 0 Å². The number of non-ortho nitro benzene ring substituents is 1. The first-order valence-corrected chi connectivity index (χ1v) is 7.27. The summed E-state index contributed by atoms with van der Waals surface area (Å²) in [6.07, 6.45) is 0. The van der Waals surface area contributed by atoms with Crippen molar-refractivity contribution in [2.24, 2.45) is 0 Å². The van der Waals surface area contributed by atoms with E-state index < -0.39 is 15.7 Å². The zero-order chi connectivity index (χ0) is 14.7. The van der Waals surface area contributed by atoms with Gasteiger partial charge in [0, 0.05) is 12.1 Å². The Morgan fingerprint density at radius 1 is 1.20 bits per heavy atom. The Bertz CT molecular complexity index is 669. The molecule has 0 aliphatic heterocycles. The first kappa shape index (κ1) is 14.2. The molecule has 0 saturated heterocycles. The lowest BCUT2D eigenvalue weighted by Crippen LogP contribution is -2.02. The minimum atomic E-state index is -1.27. The van der Waals surface area contributed by atoms with Crippen molar-refractivity contribution >= 4 is 22.2 Å². The van der Waals surface area contributed by atoms with Crippen LogP contribution in [0.5, 0.6) is 0 Å². The highest BCUT2D eigenvalue weighted by Crippen LogP contribution is 2.23. The van der Waals surface area contributed by atoms with Crippen molar-refractivity contribution in [2.45, 2.75) is 17.6 Å². The molecule has 1 atom stereocenters. The summed E-state index contributed by atoms with van der Waals surface area (Å²) in [5.41, 5.74) is 8.14. The van der Waals surface area contributed by atoms with E-state index in [1.807, 2.05) is 19.1 Å². The Morgan fingerprint density at radius 3 is 2.45 bits per heavy atom. The fraction of sp³-hybridized carbons (Fsp3) is 0.143. The highest BCUT2D eigenvalue weighted by Gasteiger charge is 2.11. The van der Waals surface area contributed by atoms with Crippen LogP contribution in [-0.4, -0.2) is 9.13 Å². The van der Waals surface area contributed by atoms with Gasteiger partial charge in [-0.1, -0.05) is 24.3 Å². The van der Waals surface area contributed by atoms with Crippen molar-refractivity contribution in [3.05, 3.63) is 63.7 Å². The summed E-state index contributed by atoms with van der Waals surface area (Å²) < 4.78 is 12.3. The molecule has 0 saturated carbocycles. The normalized spacial score (nSPS) is 12.1. The third kappa shape index (κ3) is 3.03. The summed E-state index contributed by atoms with van der Waals surface area (Å²) in [5.74, 6) is 0.283. The Labute approximate surface area is 119 Å². The van der Waals surface area contributed by atoms with Gasteiger partial charge in [0.15, 0.2) is 0 Å². The molecule has 5 nitrogen and oxygen atoms in total. The molecule has 2 N–H and O–H groups in total. The van der Waals surface area contributed by atoms with Gasteiger partial charge < -0.3 is 5.73 Å². The van der Waals surface area contributed by atoms with Crippen molar-refractivity contribution in [1.29, 1.82) is 0 Å². The van der Waals surface area contributed by atoms with Gasteiger partial charge in [-0.15, -0.1) is 0 Å². The third-order valence-electron chi connectivity index (χ3n) is 2.97. The zero-order valence-corrected chi connectivity index (χ0v) is 11.7. The second-order valence-corrected chi connectivity index (χ2v) is 5.82. The standard InChI is InChI=1S/C14H14N2O3S/c1-10-3-2-4-13(14(10)15)20(19)9-11-5-7-12(8-6-11)16(17)18/h2-8H,9,15H2,1H3. The Morgan fingerprint density at radius 2 is 1.85 bits per heavy atom. The SMILES string of the molecule is Cc1cccc(S(=O)Cc2ccc([N+](=O)[O-])cc2)c1N. The smallest absolute Gasteiger partial charge is 0.269 e. The van der Waals surface area contributed by atoms with Crippen LogP contribution in [-0.2, 0) is 16.6 Å². The summed E-state index contributed by atoms with van der Waals surface area (Å²) in [6.45, 7) is 1.86. The molecule has 0 aliphatic rings. The molecule has 2 aromatic rings. The van der Waals surface area contributed by atoms with Gasteiger partial charge in [0.25, 0.3) is 5.69 Å². The van der Waals surface area contributed by atoms with Gasteiger partial charge in [-0.25, -0.2) is 0 Å². The number of aryl methyl sites for hydroxylation is 1. The molecular formula is C14H14N2O3S. The lowest BCUT2D eigenvalue weighted by atomic mass is 10.2. The molecule has 0 spiro atoms. The molecule has 0 aromatic heterocycles. The van der Waals surface area contributed by atoms with Crippen LogP contribution < -0.4 is 5.73 Å². The second kappa shape index (κ2) is 5.83. The number of rotatable bonds is 4. The number of nitro benzene ring substituents is 1. The molecule has 0 aliphatic carbocycles. The lowest BCUT2D eigenvalue weighted by molar-refractivity contribution is -0.384. The summed E-state index contributed by atoms with van der Waals surface area (Å²) in [5, 5.41) is 10.6. The number of benzene rings is 2. The van der Waals surface area contributed by atoms with Gasteiger partial charge >= 0.3 is 0 Å². The van der Waals surface area contributed by atoms with Crippen LogP contribution in [0.15, 0.2) is 47.4 Å². The third-order valence-corrected chi connectivity index (χ3v) is 4.42. The largest absolute Gasteiger partial charge is 0.398 e. The molecule has 20 heavy (non-hydrogen) atoms. The quantitative estimate of drug-likeness (QED) is 0.533. The van der Waals surface area contributed by atoms with Crippen molar-refractivity contribution < 1.29 is 9.13 Å². The topological polar surface area (TPSA) is 86.2 Å². The fourth-order valence-corrected chi connectivity index (χ4v) is 3.08. The Hall–Kier alpha value is -2.21. The van der Waals surface area contributed by atoms with Crippen LogP contribution in [0.1, 0.15) is 11.1 Å². The number of para-hydroxylation sites is 1. The van der Waals surface area contributed by atoms with Gasteiger partial charge in [0.05, 0.1) is 32.1 Å². The van der Waals surface area contributed by atoms with E-state index in [-0.39, 0.29) is 11.4 Å². The number of hydrogen-bond donors (Lipinski definition) is 1. The number of hydrogen-bond acceptors (Lipinski definition) is 4. The molecule has 0 fully saturated rings. The fourth-order valence-electron chi connectivity index (χ4n) is 1.80. The maximum Gasteiger partial charge on any atom is 0.269 e. The lowest BCUT2D eigenvalue weighted by Gasteiger charge is -2.08. The van der Waals surface area contributed by atoms with Crippen LogP contribution in [0.25, 0.3) is 0 Å². The van der Waals surface area contributed by atoms with Crippen LogP contribution in [0.3, 0.4) is 0 Å². The molecule has 0 amide bonds. The van der Waals surface area contributed by atoms with Crippen molar-refractivity contribution in [2.75, 3.05) is 5.73 Å². The van der Waals surface area contributed by atoms with Gasteiger partial charge in [0.1, 0.15) is 0 Å². The van der Waals surface area contributed by atoms with Crippen molar-refractivity contribution in [3.63, 3.8) is 0 Å². The van der Waals surface area contributed by atoms with Gasteiger partial charge in [-0.05, 0) is 24.1 Å².